The Balaban J connectivity index is 1.88. The number of aliphatic imine (C=N–C) groups is 1. The molecule has 2 aromatic rings. The third-order valence-corrected chi connectivity index (χ3v) is 5.17. The third kappa shape index (κ3) is 2.69. The first-order chi connectivity index (χ1) is 9.78. The Hall–Kier alpha value is -1.47. The van der Waals surface area contributed by atoms with E-state index in [1.165, 1.54) is 0 Å². The van der Waals surface area contributed by atoms with Gasteiger partial charge in [-0.15, -0.1) is 0 Å². The van der Waals surface area contributed by atoms with Gasteiger partial charge in [0.25, 0.3) is 5.56 Å². The van der Waals surface area contributed by atoms with E-state index in [1.54, 1.807) is 59.7 Å². The third-order valence-electron chi connectivity index (χ3n) is 2.92. The van der Waals surface area contributed by atoms with Crippen LogP contribution in [0.15, 0.2) is 34.3 Å². The maximum absolute atomic E-state index is 12.4. The number of hydrogen-bond donors (Lipinski definition) is 0. The number of hydrogen-bond acceptors (Lipinski definition) is 6. The predicted molar refractivity (Wildman–Crippen MR) is 84.9 cm³/mol. The second-order valence-corrected chi connectivity index (χ2v) is 6.45. The van der Waals surface area contributed by atoms with E-state index in [0.717, 1.165) is 16.7 Å². The Morgan fingerprint density at radius 1 is 1.50 bits per heavy atom. The second-order valence-electron chi connectivity index (χ2n) is 4.17. The summed E-state index contributed by atoms with van der Waals surface area (Å²) in [5.74, 6) is 2.28. The molecule has 0 spiro atoms. The molecule has 104 valence electrons. The largest absolute Gasteiger partial charge is 0.497 e. The van der Waals surface area contributed by atoms with Crippen molar-refractivity contribution in [3.63, 3.8) is 0 Å². The minimum Gasteiger partial charge on any atom is -0.497 e. The summed E-state index contributed by atoms with van der Waals surface area (Å²) in [4.78, 5) is 21.0. The van der Waals surface area contributed by atoms with E-state index in [9.17, 15) is 4.79 Å². The van der Waals surface area contributed by atoms with Crippen LogP contribution in [0.25, 0.3) is 10.9 Å². The summed E-state index contributed by atoms with van der Waals surface area (Å²) in [6, 6.07) is 5.30. The molecular formula is C13H13N3O2S2. The Morgan fingerprint density at radius 3 is 3.15 bits per heavy atom. The monoisotopic (exact) mass is 307 g/mol. The predicted octanol–water partition coefficient (Wildman–Crippen LogP) is 2.20. The van der Waals surface area contributed by atoms with Crippen LogP contribution in [0, 0.1) is 0 Å². The van der Waals surface area contributed by atoms with Crippen molar-refractivity contribution in [3.05, 3.63) is 34.9 Å². The Morgan fingerprint density at radius 2 is 2.40 bits per heavy atom. The molecule has 1 aliphatic heterocycles. The molecule has 3 rings (SSSR count). The number of ether oxygens (including phenoxy) is 1. The fourth-order valence-corrected chi connectivity index (χ4v) is 3.78. The summed E-state index contributed by atoms with van der Waals surface area (Å²) in [5, 5.41) is 0.606. The molecule has 1 aromatic heterocycles. The lowest BCUT2D eigenvalue weighted by molar-refractivity contribution is 0.415. The average Bonchev–Trinajstić information content (AvgIpc) is 2.99. The average molecular weight is 307 g/mol. The van der Waals surface area contributed by atoms with Crippen molar-refractivity contribution in [3.8, 4) is 5.75 Å². The zero-order valence-corrected chi connectivity index (χ0v) is 12.5. The van der Waals surface area contributed by atoms with Crippen LogP contribution in [0.4, 0.5) is 0 Å². The number of fused-ring (bicyclic) bond motifs is 1. The number of rotatable bonds is 3. The number of thioether (sulfide) groups is 2. The Labute approximate surface area is 124 Å². The molecular weight excluding hydrogens is 294 g/mol. The van der Waals surface area contributed by atoms with Gasteiger partial charge < -0.3 is 4.74 Å². The van der Waals surface area contributed by atoms with Crippen molar-refractivity contribution < 1.29 is 4.74 Å². The van der Waals surface area contributed by atoms with E-state index in [4.69, 9.17) is 4.74 Å². The molecule has 20 heavy (non-hydrogen) atoms. The van der Waals surface area contributed by atoms with Crippen molar-refractivity contribution >= 4 is 38.8 Å². The minimum absolute atomic E-state index is 0.0336. The molecule has 0 unspecified atom stereocenters. The topological polar surface area (TPSA) is 56.5 Å². The highest BCUT2D eigenvalue weighted by molar-refractivity contribution is 8.38. The minimum atomic E-state index is -0.0336. The first-order valence-electron chi connectivity index (χ1n) is 6.11. The quantitative estimate of drug-likeness (QED) is 0.870. The summed E-state index contributed by atoms with van der Waals surface area (Å²) >= 11 is 3.32. The molecule has 7 heteroatoms. The standard InChI is InChI=1S/C13H13N3O2S2/c1-18-9-2-3-10-11(6-9)15-7-16(12(10)17)8-20-13-14-4-5-19-13/h2-3,6-7H,4-5,8H2,1H3. The van der Waals surface area contributed by atoms with Gasteiger partial charge in [0.15, 0.2) is 0 Å². The van der Waals surface area contributed by atoms with Crippen LogP contribution in [0.1, 0.15) is 0 Å². The highest BCUT2D eigenvalue weighted by atomic mass is 32.2. The smallest absolute Gasteiger partial charge is 0.261 e. The molecule has 0 saturated heterocycles. The van der Waals surface area contributed by atoms with Gasteiger partial charge in [0.1, 0.15) is 10.1 Å². The van der Waals surface area contributed by atoms with E-state index in [0.29, 0.717) is 22.5 Å². The van der Waals surface area contributed by atoms with E-state index in [1.807, 2.05) is 0 Å². The normalized spacial score (nSPS) is 14.6. The summed E-state index contributed by atoms with van der Waals surface area (Å²) in [7, 11) is 1.60. The van der Waals surface area contributed by atoms with E-state index < -0.39 is 0 Å². The lowest BCUT2D eigenvalue weighted by Crippen LogP contribution is -2.19. The Kier molecular flexibility index (Phi) is 3.98. The molecule has 0 amide bonds. The number of benzene rings is 1. The number of aromatic nitrogens is 2. The van der Waals surface area contributed by atoms with Gasteiger partial charge in [0.05, 0.1) is 36.8 Å². The SMILES string of the molecule is COc1ccc2c(=O)n(CSC3=NCCS3)cnc2c1. The van der Waals surface area contributed by atoms with Crippen molar-refractivity contribution in [2.24, 2.45) is 4.99 Å². The van der Waals surface area contributed by atoms with Gasteiger partial charge in [0, 0.05) is 11.8 Å². The molecule has 0 bridgehead atoms. The first kappa shape index (κ1) is 13.5. The molecule has 0 saturated carbocycles. The lowest BCUT2D eigenvalue weighted by Gasteiger charge is -2.07. The van der Waals surface area contributed by atoms with Crippen LogP contribution in [-0.4, -0.2) is 33.3 Å². The zero-order chi connectivity index (χ0) is 13.9. The molecule has 1 aromatic carbocycles. The van der Waals surface area contributed by atoms with Gasteiger partial charge in [-0.05, 0) is 12.1 Å². The zero-order valence-electron chi connectivity index (χ0n) is 10.9. The molecule has 0 radical (unpaired) electrons. The van der Waals surface area contributed by atoms with Crippen LogP contribution in [0.5, 0.6) is 5.75 Å². The van der Waals surface area contributed by atoms with E-state index in [2.05, 4.69) is 9.98 Å². The summed E-state index contributed by atoms with van der Waals surface area (Å²) in [6.07, 6.45) is 1.58. The van der Waals surface area contributed by atoms with Crippen LogP contribution < -0.4 is 10.3 Å². The second kappa shape index (κ2) is 5.88. The van der Waals surface area contributed by atoms with E-state index >= 15 is 0 Å². The van der Waals surface area contributed by atoms with Gasteiger partial charge in [-0.3, -0.25) is 14.4 Å². The van der Waals surface area contributed by atoms with Crippen molar-refractivity contribution in [2.45, 2.75) is 5.88 Å². The fraction of sp³-hybridized carbons (Fsp3) is 0.308. The summed E-state index contributed by atoms with van der Waals surface area (Å²) in [5.41, 5.74) is 0.622. The van der Waals surface area contributed by atoms with Crippen LogP contribution >= 0.6 is 23.5 Å². The Bertz CT molecular complexity index is 727. The lowest BCUT2D eigenvalue weighted by atomic mass is 10.2. The highest BCUT2D eigenvalue weighted by Crippen LogP contribution is 2.23. The summed E-state index contributed by atoms with van der Waals surface area (Å²) < 4.78 is 7.80. The molecule has 5 nitrogen and oxygen atoms in total. The van der Waals surface area contributed by atoms with Gasteiger partial charge in [-0.1, -0.05) is 23.5 Å². The first-order valence-corrected chi connectivity index (χ1v) is 8.08. The van der Waals surface area contributed by atoms with Crippen LogP contribution in [0.3, 0.4) is 0 Å². The molecule has 0 aliphatic carbocycles. The van der Waals surface area contributed by atoms with Crippen molar-refractivity contribution in [1.29, 1.82) is 0 Å². The summed E-state index contributed by atoms with van der Waals surface area (Å²) in [6.45, 7) is 0.873. The maximum Gasteiger partial charge on any atom is 0.261 e. The van der Waals surface area contributed by atoms with Gasteiger partial charge in [0.2, 0.25) is 0 Å². The van der Waals surface area contributed by atoms with Crippen LogP contribution in [-0.2, 0) is 5.88 Å². The van der Waals surface area contributed by atoms with Gasteiger partial charge in [-0.2, -0.15) is 0 Å². The molecule has 0 N–H and O–H groups in total. The molecule has 1 aliphatic rings. The molecule has 2 heterocycles. The molecule has 0 fully saturated rings. The van der Waals surface area contributed by atoms with Crippen molar-refractivity contribution in [2.75, 3.05) is 19.4 Å². The number of nitrogens with zero attached hydrogens (tertiary/aromatic N) is 3. The van der Waals surface area contributed by atoms with Crippen LogP contribution in [0.2, 0.25) is 0 Å². The van der Waals surface area contributed by atoms with Crippen molar-refractivity contribution in [1.82, 2.24) is 9.55 Å². The molecule has 0 atom stereocenters. The fourth-order valence-electron chi connectivity index (χ4n) is 1.88. The van der Waals surface area contributed by atoms with E-state index in [-0.39, 0.29) is 5.56 Å². The number of methoxy groups -OCH3 is 1. The highest BCUT2D eigenvalue weighted by Gasteiger charge is 2.10. The maximum atomic E-state index is 12.4. The van der Waals surface area contributed by atoms with Gasteiger partial charge >= 0.3 is 0 Å². The van der Waals surface area contributed by atoms with Gasteiger partial charge in [-0.25, -0.2) is 4.98 Å².